The van der Waals surface area contributed by atoms with Crippen LogP contribution in [0.1, 0.15) is 24.8 Å². The van der Waals surface area contributed by atoms with Crippen molar-refractivity contribution in [2.45, 2.75) is 18.9 Å². The number of hydrogen-bond acceptors (Lipinski definition) is 7. The molecule has 0 bridgehead atoms. The lowest BCUT2D eigenvalue weighted by Crippen LogP contribution is -2.12. The fourth-order valence-electron chi connectivity index (χ4n) is 1.95. The number of methoxy groups -OCH3 is 1. The maximum absolute atomic E-state index is 5.25. The van der Waals surface area contributed by atoms with Crippen LogP contribution < -0.4 is 10.1 Å². The van der Waals surface area contributed by atoms with E-state index in [1.165, 1.54) is 6.33 Å². The topological polar surface area (TPSA) is 86.0 Å². The molecule has 3 heterocycles. The molecule has 1 aliphatic rings. The van der Waals surface area contributed by atoms with E-state index in [9.17, 15) is 0 Å². The van der Waals surface area contributed by atoms with Gasteiger partial charge in [-0.1, -0.05) is 5.16 Å². The van der Waals surface area contributed by atoms with E-state index < -0.39 is 0 Å². The highest BCUT2D eigenvalue weighted by atomic mass is 16.5. The molecule has 2 aromatic rings. The fourth-order valence-corrected chi connectivity index (χ4v) is 1.95. The second-order valence-corrected chi connectivity index (χ2v) is 4.05. The normalized spacial score (nSPS) is 19.1. The molecule has 18 heavy (non-hydrogen) atoms. The van der Waals surface area contributed by atoms with Crippen LogP contribution in [0.4, 0.5) is 0 Å². The van der Waals surface area contributed by atoms with Gasteiger partial charge in [-0.15, -0.1) is 0 Å². The summed E-state index contributed by atoms with van der Waals surface area (Å²) < 4.78 is 10.3. The van der Waals surface area contributed by atoms with Gasteiger partial charge in [0.15, 0.2) is 0 Å². The van der Waals surface area contributed by atoms with Crippen LogP contribution in [0.2, 0.25) is 0 Å². The SMILES string of the molecule is COc1cc(-c2noc(C3CCCN3)n2)ncn1. The predicted octanol–water partition coefficient (Wildman–Crippen LogP) is 0.960. The lowest BCUT2D eigenvalue weighted by molar-refractivity contribution is 0.345. The Morgan fingerprint density at radius 2 is 2.39 bits per heavy atom. The Kier molecular flexibility index (Phi) is 2.89. The van der Waals surface area contributed by atoms with Gasteiger partial charge < -0.3 is 14.6 Å². The second kappa shape index (κ2) is 4.69. The van der Waals surface area contributed by atoms with Crippen LogP contribution in [0.5, 0.6) is 5.88 Å². The Balaban J connectivity index is 1.87. The highest BCUT2D eigenvalue weighted by Crippen LogP contribution is 2.24. The molecule has 1 aliphatic heterocycles. The highest BCUT2D eigenvalue weighted by Gasteiger charge is 2.23. The monoisotopic (exact) mass is 247 g/mol. The summed E-state index contributed by atoms with van der Waals surface area (Å²) in [5, 5.41) is 7.24. The lowest BCUT2D eigenvalue weighted by Gasteiger charge is -2.01. The van der Waals surface area contributed by atoms with Crippen molar-refractivity contribution in [3.8, 4) is 17.4 Å². The quantitative estimate of drug-likeness (QED) is 0.864. The molecule has 2 aromatic heterocycles. The number of nitrogens with zero attached hydrogens (tertiary/aromatic N) is 4. The molecule has 0 amide bonds. The maximum atomic E-state index is 5.25. The minimum Gasteiger partial charge on any atom is -0.481 e. The zero-order chi connectivity index (χ0) is 12.4. The van der Waals surface area contributed by atoms with Crippen molar-refractivity contribution in [1.82, 2.24) is 25.4 Å². The van der Waals surface area contributed by atoms with Gasteiger partial charge in [-0.05, 0) is 19.4 Å². The van der Waals surface area contributed by atoms with E-state index in [0.29, 0.717) is 23.3 Å². The first kappa shape index (κ1) is 11.1. The van der Waals surface area contributed by atoms with E-state index >= 15 is 0 Å². The molecule has 7 heteroatoms. The molecule has 1 fully saturated rings. The van der Waals surface area contributed by atoms with Crippen LogP contribution in [0.3, 0.4) is 0 Å². The van der Waals surface area contributed by atoms with Gasteiger partial charge in [0.25, 0.3) is 0 Å². The number of aromatic nitrogens is 4. The lowest BCUT2D eigenvalue weighted by atomic mass is 10.2. The van der Waals surface area contributed by atoms with Crippen molar-refractivity contribution in [2.24, 2.45) is 0 Å². The van der Waals surface area contributed by atoms with Gasteiger partial charge in [-0.3, -0.25) is 0 Å². The van der Waals surface area contributed by atoms with E-state index in [0.717, 1.165) is 19.4 Å². The molecule has 3 rings (SSSR count). The summed E-state index contributed by atoms with van der Waals surface area (Å²) in [6.07, 6.45) is 3.57. The smallest absolute Gasteiger partial charge is 0.244 e. The van der Waals surface area contributed by atoms with E-state index in [4.69, 9.17) is 9.26 Å². The number of rotatable bonds is 3. The standard InChI is InChI=1S/C11H13N5O2/c1-17-9-5-8(13-6-14-9)10-15-11(18-16-10)7-3-2-4-12-7/h5-7,12H,2-4H2,1H3. The van der Waals surface area contributed by atoms with Gasteiger partial charge in [0.2, 0.25) is 17.6 Å². The van der Waals surface area contributed by atoms with Gasteiger partial charge in [0.1, 0.15) is 12.0 Å². The van der Waals surface area contributed by atoms with Crippen molar-refractivity contribution in [3.63, 3.8) is 0 Å². The summed E-state index contributed by atoms with van der Waals surface area (Å²) in [4.78, 5) is 12.4. The molecule has 0 spiro atoms. The van der Waals surface area contributed by atoms with Crippen LogP contribution >= 0.6 is 0 Å². The Bertz CT molecular complexity index is 536. The molecule has 0 aromatic carbocycles. The Labute approximate surface area is 104 Å². The minimum atomic E-state index is 0.162. The summed E-state index contributed by atoms with van der Waals surface area (Å²) in [7, 11) is 1.55. The van der Waals surface area contributed by atoms with Crippen molar-refractivity contribution < 1.29 is 9.26 Å². The second-order valence-electron chi connectivity index (χ2n) is 4.05. The third-order valence-electron chi connectivity index (χ3n) is 2.88. The average molecular weight is 247 g/mol. The number of nitrogens with one attached hydrogen (secondary N) is 1. The van der Waals surface area contributed by atoms with Gasteiger partial charge in [0.05, 0.1) is 13.2 Å². The Hall–Kier alpha value is -2.02. The first-order chi connectivity index (χ1) is 8.86. The molecule has 1 N–H and O–H groups in total. The molecule has 1 unspecified atom stereocenters. The predicted molar refractivity (Wildman–Crippen MR) is 61.9 cm³/mol. The highest BCUT2D eigenvalue weighted by molar-refractivity contribution is 5.49. The van der Waals surface area contributed by atoms with E-state index in [-0.39, 0.29) is 6.04 Å². The Morgan fingerprint density at radius 3 is 3.17 bits per heavy atom. The van der Waals surface area contributed by atoms with E-state index in [1.807, 2.05) is 0 Å². The molecule has 0 aliphatic carbocycles. The van der Waals surface area contributed by atoms with Crippen LogP contribution in [0.15, 0.2) is 16.9 Å². The number of ether oxygens (including phenoxy) is 1. The summed E-state index contributed by atoms with van der Waals surface area (Å²) in [6, 6.07) is 1.84. The first-order valence-electron chi connectivity index (χ1n) is 5.80. The van der Waals surface area contributed by atoms with Crippen molar-refractivity contribution in [1.29, 1.82) is 0 Å². The summed E-state index contributed by atoms with van der Waals surface area (Å²) in [5.74, 6) is 1.55. The van der Waals surface area contributed by atoms with Crippen LogP contribution in [0.25, 0.3) is 11.5 Å². The molecule has 0 radical (unpaired) electrons. The van der Waals surface area contributed by atoms with Crippen LogP contribution in [-0.2, 0) is 0 Å². The summed E-state index contributed by atoms with van der Waals surface area (Å²) >= 11 is 0. The third kappa shape index (κ3) is 2.04. The van der Waals surface area contributed by atoms with E-state index in [1.54, 1.807) is 13.2 Å². The summed E-state index contributed by atoms with van der Waals surface area (Å²) in [5.41, 5.74) is 0.592. The maximum Gasteiger partial charge on any atom is 0.244 e. The Morgan fingerprint density at radius 1 is 1.44 bits per heavy atom. The van der Waals surface area contributed by atoms with Crippen molar-refractivity contribution in [3.05, 3.63) is 18.3 Å². The minimum absolute atomic E-state index is 0.162. The molecule has 0 saturated carbocycles. The average Bonchev–Trinajstić information content (AvgIpc) is 3.09. The third-order valence-corrected chi connectivity index (χ3v) is 2.88. The molecule has 94 valence electrons. The van der Waals surface area contributed by atoms with Gasteiger partial charge in [-0.2, -0.15) is 4.98 Å². The molecule has 1 saturated heterocycles. The van der Waals surface area contributed by atoms with Crippen LogP contribution in [0, 0.1) is 0 Å². The summed E-state index contributed by atoms with van der Waals surface area (Å²) in [6.45, 7) is 0.990. The van der Waals surface area contributed by atoms with Crippen LogP contribution in [-0.4, -0.2) is 33.8 Å². The molecular weight excluding hydrogens is 234 g/mol. The molecule has 1 atom stereocenters. The van der Waals surface area contributed by atoms with Gasteiger partial charge in [0, 0.05) is 6.07 Å². The number of hydrogen-bond donors (Lipinski definition) is 1. The van der Waals surface area contributed by atoms with Gasteiger partial charge in [-0.25, -0.2) is 9.97 Å². The fraction of sp³-hybridized carbons (Fsp3) is 0.455. The largest absolute Gasteiger partial charge is 0.481 e. The zero-order valence-electron chi connectivity index (χ0n) is 9.96. The van der Waals surface area contributed by atoms with E-state index in [2.05, 4.69) is 25.4 Å². The first-order valence-corrected chi connectivity index (χ1v) is 5.80. The zero-order valence-corrected chi connectivity index (χ0v) is 9.96. The molecule has 7 nitrogen and oxygen atoms in total. The van der Waals surface area contributed by atoms with Crippen molar-refractivity contribution in [2.75, 3.05) is 13.7 Å². The van der Waals surface area contributed by atoms with Gasteiger partial charge >= 0.3 is 0 Å². The molecular formula is C11H13N5O2. The van der Waals surface area contributed by atoms with Crippen molar-refractivity contribution >= 4 is 0 Å².